The average molecular weight is 486 g/mol. The number of fused-ring (bicyclic) bond motifs is 3. The van der Waals surface area contributed by atoms with Crippen molar-refractivity contribution >= 4 is 22.9 Å². The predicted molar refractivity (Wildman–Crippen MR) is 126 cm³/mol. The van der Waals surface area contributed by atoms with Gasteiger partial charge in [-0.1, -0.05) is 12.1 Å². The van der Waals surface area contributed by atoms with Crippen LogP contribution in [0.1, 0.15) is 49.9 Å². The number of alkyl halides is 2. The van der Waals surface area contributed by atoms with Crippen LogP contribution in [0.2, 0.25) is 0 Å². The number of pyridine rings is 1. The average Bonchev–Trinajstić information content (AvgIpc) is 3.12. The smallest absolute Gasteiger partial charge is 0.387 e. The number of hydrogen-bond donors (Lipinski definition) is 1. The molecule has 1 aliphatic heterocycles. The van der Waals surface area contributed by atoms with Crippen molar-refractivity contribution in [1.82, 2.24) is 14.5 Å². The molecule has 0 radical (unpaired) electrons. The molecule has 0 unspecified atom stereocenters. The highest BCUT2D eigenvalue weighted by Crippen LogP contribution is 2.31. The minimum Gasteiger partial charge on any atom is -0.481 e. The Morgan fingerprint density at radius 1 is 1.20 bits per heavy atom. The number of amides is 1. The number of aliphatic carboxylic acids is 1. The van der Waals surface area contributed by atoms with E-state index in [0.717, 1.165) is 22.3 Å². The fourth-order valence-electron chi connectivity index (χ4n) is 4.55. The Bertz CT molecular complexity index is 1220. The Hall–Kier alpha value is -3.49. The summed E-state index contributed by atoms with van der Waals surface area (Å²) in [6.07, 6.45) is 3.69. The maximum Gasteiger partial charge on any atom is 0.387 e. The molecule has 1 aliphatic rings. The molecule has 0 aliphatic carbocycles. The molecule has 7 nitrogen and oxygen atoms in total. The van der Waals surface area contributed by atoms with Crippen LogP contribution in [0, 0.1) is 5.41 Å². The van der Waals surface area contributed by atoms with Gasteiger partial charge in [-0.15, -0.1) is 0 Å². The number of aromatic nitrogens is 2. The molecule has 4 rings (SSSR count). The van der Waals surface area contributed by atoms with Crippen molar-refractivity contribution < 1.29 is 28.2 Å². The van der Waals surface area contributed by atoms with E-state index in [-0.39, 0.29) is 11.7 Å². The number of rotatable bonds is 9. The van der Waals surface area contributed by atoms with E-state index in [2.05, 4.69) is 14.3 Å². The van der Waals surface area contributed by atoms with Gasteiger partial charge in [0.15, 0.2) is 0 Å². The molecule has 186 valence electrons. The van der Waals surface area contributed by atoms with Crippen LogP contribution < -0.4 is 4.74 Å². The molecule has 1 aromatic carbocycles. The van der Waals surface area contributed by atoms with Crippen LogP contribution in [0.25, 0.3) is 11.0 Å². The van der Waals surface area contributed by atoms with Gasteiger partial charge in [0.2, 0.25) is 5.91 Å². The number of carbonyl (C=O) groups is 2. The summed E-state index contributed by atoms with van der Waals surface area (Å²) in [5, 5.41) is 10.3. The van der Waals surface area contributed by atoms with E-state index in [0.29, 0.717) is 45.3 Å². The van der Waals surface area contributed by atoms with E-state index in [1.165, 1.54) is 17.7 Å². The summed E-state index contributed by atoms with van der Waals surface area (Å²) in [7, 11) is 0. The van der Waals surface area contributed by atoms with Crippen LogP contribution in [-0.2, 0) is 29.1 Å². The van der Waals surface area contributed by atoms with Gasteiger partial charge in [0.05, 0.1) is 12.0 Å². The molecular weight excluding hydrogens is 456 g/mol. The molecule has 0 spiro atoms. The monoisotopic (exact) mass is 485 g/mol. The van der Waals surface area contributed by atoms with Crippen LogP contribution in [0.15, 0.2) is 42.6 Å². The first-order chi connectivity index (χ1) is 16.7. The van der Waals surface area contributed by atoms with E-state index in [1.807, 2.05) is 17.0 Å². The first-order valence-corrected chi connectivity index (χ1v) is 11.7. The van der Waals surface area contributed by atoms with Crippen LogP contribution in [-0.4, -0.2) is 44.6 Å². The lowest BCUT2D eigenvalue weighted by molar-refractivity contribution is -0.147. The molecule has 0 fully saturated rings. The van der Waals surface area contributed by atoms with Crippen molar-refractivity contribution in [3.63, 3.8) is 0 Å². The lowest BCUT2D eigenvalue weighted by atomic mass is 9.87. The highest BCUT2D eigenvalue weighted by atomic mass is 19.3. The highest BCUT2D eigenvalue weighted by Gasteiger charge is 2.29. The lowest BCUT2D eigenvalue weighted by Crippen LogP contribution is -2.36. The first-order valence-electron chi connectivity index (χ1n) is 11.7. The van der Waals surface area contributed by atoms with Crippen molar-refractivity contribution in [3.05, 3.63) is 59.4 Å². The minimum absolute atomic E-state index is 0.00936. The first kappa shape index (κ1) is 24.6. The molecule has 3 heterocycles. The minimum atomic E-state index is -2.87. The Labute approximate surface area is 202 Å². The van der Waals surface area contributed by atoms with Gasteiger partial charge in [-0.05, 0) is 68.5 Å². The molecular formula is C26H29F2N3O4. The van der Waals surface area contributed by atoms with E-state index < -0.39 is 18.0 Å². The van der Waals surface area contributed by atoms with Gasteiger partial charge in [-0.25, -0.2) is 4.98 Å². The van der Waals surface area contributed by atoms with Gasteiger partial charge in [-0.3, -0.25) is 9.59 Å². The van der Waals surface area contributed by atoms with E-state index >= 15 is 0 Å². The van der Waals surface area contributed by atoms with Gasteiger partial charge >= 0.3 is 12.6 Å². The third-order valence-corrected chi connectivity index (χ3v) is 6.63. The zero-order valence-electron chi connectivity index (χ0n) is 19.8. The summed E-state index contributed by atoms with van der Waals surface area (Å²) in [4.78, 5) is 30.7. The van der Waals surface area contributed by atoms with Gasteiger partial charge in [-0.2, -0.15) is 8.78 Å². The molecule has 0 atom stereocenters. The van der Waals surface area contributed by atoms with Gasteiger partial charge in [0, 0.05) is 36.8 Å². The number of carboxylic acids is 1. The van der Waals surface area contributed by atoms with Crippen molar-refractivity contribution in [3.8, 4) is 5.75 Å². The van der Waals surface area contributed by atoms with Crippen molar-refractivity contribution in [1.29, 1.82) is 0 Å². The van der Waals surface area contributed by atoms with E-state index in [1.54, 1.807) is 32.2 Å². The van der Waals surface area contributed by atoms with Crippen LogP contribution in [0.5, 0.6) is 5.75 Å². The number of nitrogens with zero attached hydrogens (tertiary/aromatic N) is 3. The summed E-state index contributed by atoms with van der Waals surface area (Å²) in [5.74, 6) is -0.752. The maximum atomic E-state index is 13.0. The number of hydrogen-bond acceptors (Lipinski definition) is 4. The second kappa shape index (κ2) is 10.0. The Balaban J connectivity index is 1.53. The van der Waals surface area contributed by atoms with Crippen molar-refractivity contribution in [2.24, 2.45) is 5.41 Å². The van der Waals surface area contributed by atoms with E-state index in [9.17, 15) is 23.5 Å². The second-order valence-electron chi connectivity index (χ2n) is 9.52. The van der Waals surface area contributed by atoms with Gasteiger partial charge < -0.3 is 19.3 Å². The second-order valence-corrected chi connectivity index (χ2v) is 9.52. The third-order valence-electron chi connectivity index (χ3n) is 6.63. The Morgan fingerprint density at radius 3 is 2.63 bits per heavy atom. The number of halogens is 2. The molecule has 35 heavy (non-hydrogen) atoms. The zero-order valence-corrected chi connectivity index (χ0v) is 19.8. The summed E-state index contributed by atoms with van der Waals surface area (Å²) >= 11 is 0. The number of carboxylic acid groups (broad SMARTS) is 1. The molecule has 1 N–H and O–H groups in total. The van der Waals surface area contributed by atoms with Gasteiger partial charge in [0.1, 0.15) is 11.4 Å². The molecule has 9 heteroatoms. The lowest BCUT2D eigenvalue weighted by Gasteiger charge is -2.29. The molecule has 2 aromatic heterocycles. The summed E-state index contributed by atoms with van der Waals surface area (Å²) < 4.78 is 31.5. The predicted octanol–water partition coefficient (Wildman–Crippen LogP) is 4.85. The molecule has 0 bridgehead atoms. The SMILES string of the molecule is CC(C)(CCCC(=O)N1CCc2c(n(Cc3ccc(OC(F)F)cc3)c3ncccc23)C1)C(=O)O. The van der Waals surface area contributed by atoms with Crippen molar-refractivity contribution in [2.75, 3.05) is 6.54 Å². The fourth-order valence-corrected chi connectivity index (χ4v) is 4.55. The summed E-state index contributed by atoms with van der Waals surface area (Å²) in [5.41, 5.74) is 3.04. The molecule has 3 aromatic rings. The third kappa shape index (κ3) is 5.44. The maximum absolute atomic E-state index is 13.0. The summed E-state index contributed by atoms with van der Waals surface area (Å²) in [6.45, 7) is 1.99. The zero-order chi connectivity index (χ0) is 25.2. The molecule has 0 saturated heterocycles. The topological polar surface area (TPSA) is 84.7 Å². The molecule has 1 amide bonds. The highest BCUT2D eigenvalue weighted by molar-refractivity contribution is 5.84. The summed E-state index contributed by atoms with van der Waals surface area (Å²) in [6, 6.07) is 10.4. The van der Waals surface area contributed by atoms with Crippen LogP contribution >= 0.6 is 0 Å². The van der Waals surface area contributed by atoms with Crippen LogP contribution in [0.4, 0.5) is 8.78 Å². The number of benzene rings is 1. The van der Waals surface area contributed by atoms with Crippen molar-refractivity contribution in [2.45, 2.75) is 59.2 Å². The number of ether oxygens (including phenoxy) is 1. The largest absolute Gasteiger partial charge is 0.481 e. The fraction of sp³-hybridized carbons (Fsp3) is 0.423. The Morgan fingerprint density at radius 2 is 1.94 bits per heavy atom. The quantitative estimate of drug-likeness (QED) is 0.468. The van der Waals surface area contributed by atoms with Crippen LogP contribution in [0.3, 0.4) is 0 Å². The normalized spacial score (nSPS) is 13.8. The van der Waals surface area contributed by atoms with E-state index in [4.69, 9.17) is 0 Å². The number of carbonyl (C=O) groups excluding carboxylic acids is 1. The molecule has 0 saturated carbocycles. The van der Waals surface area contributed by atoms with Gasteiger partial charge in [0.25, 0.3) is 0 Å². The Kier molecular flexibility index (Phi) is 7.05. The standard InChI is InChI=1S/C26H29F2N3O4/c1-26(2,24(33)34)12-3-6-22(32)30-14-11-19-20-5-4-13-29-23(20)31(21(19)16-30)15-17-7-9-18(10-8-17)35-25(27)28/h4-5,7-10,13,25H,3,6,11-12,14-16H2,1-2H3,(H,33,34).